The molecule has 1 aromatic heterocycles. The van der Waals surface area contributed by atoms with Crippen LogP contribution in [0.25, 0.3) is 0 Å². The normalized spacial score (nSPS) is 27.1. The molecule has 1 aliphatic rings. The summed E-state index contributed by atoms with van der Waals surface area (Å²) in [5.74, 6) is -1.07. The molecule has 1 aliphatic carbocycles. The zero-order valence-corrected chi connectivity index (χ0v) is 10.3. The van der Waals surface area contributed by atoms with E-state index in [4.69, 9.17) is 4.42 Å². The van der Waals surface area contributed by atoms with Crippen molar-refractivity contribution in [2.24, 2.45) is 11.8 Å². The third kappa shape index (κ3) is 2.71. The zero-order valence-electron chi connectivity index (χ0n) is 10.3. The van der Waals surface area contributed by atoms with E-state index in [0.717, 1.165) is 6.42 Å². The Labute approximate surface area is 105 Å². The van der Waals surface area contributed by atoms with Crippen molar-refractivity contribution < 1.29 is 17.6 Å². The smallest absolute Gasteiger partial charge is 0.392 e. The lowest BCUT2D eigenvalue weighted by atomic mass is 9.74. The van der Waals surface area contributed by atoms with Crippen LogP contribution in [0.2, 0.25) is 0 Å². The average Bonchev–Trinajstić information content (AvgIpc) is 2.83. The van der Waals surface area contributed by atoms with E-state index in [1.807, 2.05) is 0 Å². The Morgan fingerprint density at radius 1 is 1.33 bits per heavy atom. The lowest BCUT2D eigenvalue weighted by Gasteiger charge is -2.37. The highest BCUT2D eigenvalue weighted by Gasteiger charge is 2.48. The number of furan rings is 1. The van der Waals surface area contributed by atoms with Crippen molar-refractivity contribution in [3.05, 3.63) is 24.2 Å². The highest BCUT2D eigenvalue weighted by Crippen LogP contribution is 2.46. The van der Waals surface area contributed by atoms with Gasteiger partial charge in [-0.05, 0) is 37.9 Å². The van der Waals surface area contributed by atoms with Gasteiger partial charge in [0.2, 0.25) is 0 Å². The highest BCUT2D eigenvalue weighted by atomic mass is 19.4. The van der Waals surface area contributed by atoms with E-state index in [1.165, 1.54) is 6.26 Å². The summed E-state index contributed by atoms with van der Waals surface area (Å²) >= 11 is 0. The molecular formula is C13H18F3NO. The van der Waals surface area contributed by atoms with Gasteiger partial charge >= 0.3 is 6.18 Å². The van der Waals surface area contributed by atoms with E-state index < -0.39 is 18.0 Å². The summed E-state index contributed by atoms with van der Waals surface area (Å²) in [6, 6.07) is 3.10. The molecule has 0 spiro atoms. The fraction of sp³-hybridized carbons (Fsp3) is 0.692. The van der Waals surface area contributed by atoms with Crippen LogP contribution in [0.15, 0.2) is 22.8 Å². The van der Waals surface area contributed by atoms with Crippen molar-refractivity contribution in [3.8, 4) is 0 Å². The second-order valence-corrected chi connectivity index (χ2v) is 4.88. The monoisotopic (exact) mass is 261 g/mol. The first-order valence-electron chi connectivity index (χ1n) is 6.31. The minimum absolute atomic E-state index is 0.229. The molecule has 3 atom stereocenters. The number of halogens is 3. The van der Waals surface area contributed by atoms with E-state index in [-0.39, 0.29) is 12.5 Å². The number of alkyl halides is 3. The third-order valence-corrected chi connectivity index (χ3v) is 3.83. The molecule has 2 rings (SSSR count). The Morgan fingerprint density at radius 3 is 2.61 bits per heavy atom. The molecule has 3 unspecified atom stereocenters. The SMILES string of the molecule is CNC(c1ccco1)C1CCCCC1C(F)(F)F. The van der Waals surface area contributed by atoms with Gasteiger partial charge in [-0.15, -0.1) is 0 Å². The minimum atomic E-state index is -4.12. The molecule has 1 aromatic rings. The van der Waals surface area contributed by atoms with Crippen LogP contribution in [0.4, 0.5) is 13.2 Å². The van der Waals surface area contributed by atoms with Crippen molar-refractivity contribution in [3.63, 3.8) is 0 Å². The van der Waals surface area contributed by atoms with Gasteiger partial charge in [-0.3, -0.25) is 0 Å². The van der Waals surface area contributed by atoms with Crippen LogP contribution in [0.5, 0.6) is 0 Å². The minimum Gasteiger partial charge on any atom is -0.468 e. The Balaban J connectivity index is 2.22. The lowest BCUT2D eigenvalue weighted by molar-refractivity contribution is -0.199. The molecule has 1 saturated carbocycles. The van der Waals surface area contributed by atoms with E-state index in [9.17, 15) is 13.2 Å². The van der Waals surface area contributed by atoms with Gasteiger partial charge in [-0.25, -0.2) is 0 Å². The van der Waals surface area contributed by atoms with Gasteiger partial charge < -0.3 is 9.73 Å². The van der Waals surface area contributed by atoms with Crippen molar-refractivity contribution in [1.29, 1.82) is 0 Å². The molecule has 18 heavy (non-hydrogen) atoms. The van der Waals surface area contributed by atoms with Crippen molar-refractivity contribution >= 4 is 0 Å². The van der Waals surface area contributed by atoms with E-state index >= 15 is 0 Å². The molecule has 1 heterocycles. The second-order valence-electron chi connectivity index (χ2n) is 4.88. The quantitative estimate of drug-likeness (QED) is 0.892. The molecule has 1 N–H and O–H groups in total. The van der Waals surface area contributed by atoms with Crippen molar-refractivity contribution in [2.75, 3.05) is 7.05 Å². The first-order valence-corrected chi connectivity index (χ1v) is 6.31. The largest absolute Gasteiger partial charge is 0.468 e. The molecule has 1 fully saturated rings. The molecule has 0 radical (unpaired) electrons. The maximum atomic E-state index is 13.1. The number of hydrogen-bond acceptors (Lipinski definition) is 2. The van der Waals surface area contributed by atoms with Crippen LogP contribution in [0.3, 0.4) is 0 Å². The molecule has 0 aromatic carbocycles. The molecule has 2 nitrogen and oxygen atoms in total. The molecular weight excluding hydrogens is 243 g/mol. The summed E-state index contributed by atoms with van der Waals surface area (Å²) in [6.07, 6.45) is -0.271. The summed E-state index contributed by atoms with van der Waals surface area (Å²) in [4.78, 5) is 0. The van der Waals surface area contributed by atoms with Crippen LogP contribution < -0.4 is 5.32 Å². The fourth-order valence-corrected chi connectivity index (χ4v) is 3.00. The maximum Gasteiger partial charge on any atom is 0.392 e. The van der Waals surface area contributed by atoms with Gasteiger partial charge in [-0.2, -0.15) is 13.2 Å². The summed E-state index contributed by atoms with van der Waals surface area (Å²) in [7, 11) is 1.69. The molecule has 0 bridgehead atoms. The van der Waals surface area contributed by atoms with Gasteiger partial charge in [0.1, 0.15) is 5.76 Å². The Kier molecular flexibility index (Phi) is 4.00. The maximum absolute atomic E-state index is 13.1. The summed E-state index contributed by atoms with van der Waals surface area (Å²) in [6.45, 7) is 0. The van der Waals surface area contributed by atoms with Crippen LogP contribution in [0.1, 0.15) is 37.5 Å². The van der Waals surface area contributed by atoms with Crippen LogP contribution in [-0.2, 0) is 0 Å². The van der Waals surface area contributed by atoms with Gasteiger partial charge in [0.25, 0.3) is 0 Å². The number of hydrogen-bond donors (Lipinski definition) is 1. The standard InChI is InChI=1S/C13H18F3NO/c1-17-12(11-7-4-8-18-11)9-5-2-3-6-10(9)13(14,15)16/h4,7-10,12,17H,2-3,5-6H2,1H3. The first-order chi connectivity index (χ1) is 8.54. The van der Waals surface area contributed by atoms with Gasteiger partial charge in [-0.1, -0.05) is 12.8 Å². The Hall–Kier alpha value is -0.970. The van der Waals surface area contributed by atoms with Gasteiger partial charge in [0, 0.05) is 0 Å². The fourth-order valence-electron chi connectivity index (χ4n) is 3.00. The first kappa shape index (κ1) is 13.5. The second kappa shape index (κ2) is 5.34. The molecule has 0 saturated heterocycles. The predicted octanol–water partition coefficient (Wildman–Crippen LogP) is 3.91. The summed E-state index contributed by atoms with van der Waals surface area (Å²) in [5, 5.41) is 2.98. The number of rotatable bonds is 3. The zero-order chi connectivity index (χ0) is 13.2. The summed E-state index contributed by atoms with van der Waals surface area (Å²) < 4.78 is 44.5. The van der Waals surface area contributed by atoms with Crippen LogP contribution >= 0.6 is 0 Å². The van der Waals surface area contributed by atoms with E-state index in [0.29, 0.717) is 18.6 Å². The Morgan fingerprint density at radius 2 is 2.06 bits per heavy atom. The third-order valence-electron chi connectivity index (χ3n) is 3.83. The topological polar surface area (TPSA) is 25.2 Å². The van der Waals surface area contributed by atoms with Crippen LogP contribution in [-0.4, -0.2) is 13.2 Å². The average molecular weight is 261 g/mol. The Bertz CT molecular complexity index is 361. The lowest BCUT2D eigenvalue weighted by Crippen LogP contribution is -2.39. The number of nitrogens with one attached hydrogen (secondary N) is 1. The highest BCUT2D eigenvalue weighted by molar-refractivity contribution is 5.07. The molecule has 5 heteroatoms. The van der Waals surface area contributed by atoms with Gasteiger partial charge in [0.05, 0.1) is 18.2 Å². The van der Waals surface area contributed by atoms with E-state index in [1.54, 1.807) is 19.2 Å². The molecule has 0 amide bonds. The van der Waals surface area contributed by atoms with Crippen molar-refractivity contribution in [2.45, 2.75) is 37.9 Å². The summed E-state index contributed by atoms with van der Waals surface area (Å²) in [5.41, 5.74) is 0. The molecule has 102 valence electrons. The van der Waals surface area contributed by atoms with Crippen LogP contribution in [0, 0.1) is 11.8 Å². The van der Waals surface area contributed by atoms with Gasteiger partial charge in [0.15, 0.2) is 0 Å². The van der Waals surface area contributed by atoms with E-state index in [2.05, 4.69) is 5.32 Å². The molecule has 0 aliphatic heterocycles. The van der Waals surface area contributed by atoms with Crippen molar-refractivity contribution in [1.82, 2.24) is 5.32 Å². The predicted molar refractivity (Wildman–Crippen MR) is 62.0 cm³/mol.